The number of rotatable bonds is 5. The van der Waals surface area contributed by atoms with Crippen LogP contribution < -0.4 is 15.2 Å². The molecule has 1 aromatic heterocycles. The lowest BCUT2D eigenvalue weighted by molar-refractivity contribution is -0.110. The highest BCUT2D eigenvalue weighted by Crippen LogP contribution is 2.38. The van der Waals surface area contributed by atoms with Gasteiger partial charge in [0.2, 0.25) is 0 Å². The van der Waals surface area contributed by atoms with Crippen molar-refractivity contribution in [3.05, 3.63) is 60.3 Å². The molecule has 0 spiro atoms. The van der Waals surface area contributed by atoms with Gasteiger partial charge in [0.05, 0.1) is 22.9 Å². The third kappa shape index (κ3) is 4.52. The quantitative estimate of drug-likeness (QED) is 0.527. The van der Waals surface area contributed by atoms with E-state index in [2.05, 4.69) is 15.3 Å². The number of hydrogen-bond acceptors (Lipinski definition) is 7. The largest absolute Gasteiger partial charge is 0.381 e. The zero-order chi connectivity index (χ0) is 26.2. The number of halogens is 2. The molecule has 2 aromatic carbocycles. The highest BCUT2D eigenvalue weighted by Gasteiger charge is 2.28. The number of hydrogen-bond donors (Lipinski definition) is 2. The first kappa shape index (κ1) is 24.5. The summed E-state index contributed by atoms with van der Waals surface area (Å²) in [5.74, 6) is -2.36. The third-order valence-corrected chi connectivity index (χ3v) is 7.21. The Morgan fingerprint density at radius 1 is 1.05 bits per heavy atom. The van der Waals surface area contributed by atoms with E-state index in [9.17, 15) is 18.7 Å². The molecule has 3 aliphatic heterocycles. The van der Waals surface area contributed by atoms with Crippen LogP contribution in [0, 0.1) is 11.6 Å². The predicted molar refractivity (Wildman–Crippen MR) is 140 cm³/mol. The molecule has 2 N–H and O–H groups in total. The predicted octanol–water partition coefficient (Wildman–Crippen LogP) is 3.96. The van der Waals surface area contributed by atoms with E-state index in [4.69, 9.17) is 9.84 Å². The molecule has 1 unspecified atom stereocenters. The standard InChI is InChI=1S/C27H28F2N6O3/c28-19-4-3-5-20(29)26(19)35-24(36)9-8-23(32-35)27(37)30-22-7-6-21-18(25(22)33-12-1-2-13-33)16-34(31-21)17-10-14-38-15-11-17/h3-9,16-17,24,36H,1-2,10-15H2,(H,30,37). The van der Waals surface area contributed by atoms with Crippen molar-refractivity contribution >= 4 is 39.6 Å². The average molecular weight is 523 g/mol. The fourth-order valence-electron chi connectivity index (χ4n) is 5.28. The summed E-state index contributed by atoms with van der Waals surface area (Å²) in [5, 5.41) is 23.9. The molecular formula is C27H28F2N6O3. The van der Waals surface area contributed by atoms with Crippen molar-refractivity contribution in [3.8, 4) is 0 Å². The van der Waals surface area contributed by atoms with E-state index in [1.165, 1.54) is 18.2 Å². The van der Waals surface area contributed by atoms with Gasteiger partial charge >= 0.3 is 0 Å². The van der Waals surface area contributed by atoms with Crippen molar-refractivity contribution < 1.29 is 23.4 Å². The van der Waals surface area contributed by atoms with Crippen LogP contribution in [-0.2, 0) is 9.53 Å². The molecule has 4 heterocycles. The normalized spacial score (nSPS) is 20.3. The topological polar surface area (TPSA) is 95.2 Å². The lowest BCUT2D eigenvalue weighted by Gasteiger charge is -2.27. The Balaban J connectivity index is 1.34. The molecule has 198 valence electrons. The smallest absolute Gasteiger partial charge is 0.276 e. The number of hydrazone groups is 1. The van der Waals surface area contributed by atoms with E-state index in [0.717, 1.165) is 72.5 Å². The number of anilines is 3. The molecule has 11 heteroatoms. The SMILES string of the molecule is O=C(Nc1ccc2nn(C3CCOCC3)cc2c1N1CCCC1)C1=NN(c2c(F)cccc2F)C(O)C=C1. The van der Waals surface area contributed by atoms with E-state index in [-0.39, 0.29) is 11.8 Å². The van der Waals surface area contributed by atoms with Gasteiger partial charge in [0.25, 0.3) is 5.91 Å². The number of aliphatic hydroxyl groups excluding tert-OH is 1. The lowest BCUT2D eigenvalue weighted by Crippen LogP contribution is -2.37. The van der Waals surface area contributed by atoms with Gasteiger partial charge in [-0.25, -0.2) is 13.8 Å². The summed E-state index contributed by atoms with van der Waals surface area (Å²) in [6.45, 7) is 3.13. The van der Waals surface area contributed by atoms with E-state index >= 15 is 0 Å². The van der Waals surface area contributed by atoms with Crippen molar-refractivity contribution in [2.24, 2.45) is 5.10 Å². The summed E-state index contributed by atoms with van der Waals surface area (Å²) in [7, 11) is 0. The van der Waals surface area contributed by atoms with Crippen LogP contribution in [0.4, 0.5) is 25.8 Å². The Hall–Kier alpha value is -3.83. The molecule has 6 rings (SSSR count). The minimum Gasteiger partial charge on any atom is -0.381 e. The molecule has 38 heavy (non-hydrogen) atoms. The summed E-state index contributed by atoms with van der Waals surface area (Å²) in [5.41, 5.74) is 1.71. The van der Waals surface area contributed by atoms with Gasteiger partial charge < -0.3 is 20.1 Å². The number of benzene rings is 2. The third-order valence-electron chi connectivity index (χ3n) is 7.21. The molecule has 3 aliphatic rings. The maximum atomic E-state index is 14.4. The fourth-order valence-corrected chi connectivity index (χ4v) is 5.28. The van der Waals surface area contributed by atoms with E-state index in [1.54, 1.807) is 0 Å². The summed E-state index contributed by atoms with van der Waals surface area (Å²) in [6, 6.07) is 7.32. The van der Waals surface area contributed by atoms with Gasteiger partial charge in [0.15, 0.2) is 17.9 Å². The number of carbonyl (C=O) groups is 1. The van der Waals surface area contributed by atoms with Gasteiger partial charge in [0, 0.05) is 37.9 Å². The van der Waals surface area contributed by atoms with Crippen LogP contribution in [0.3, 0.4) is 0 Å². The summed E-state index contributed by atoms with van der Waals surface area (Å²) >= 11 is 0. The highest BCUT2D eigenvalue weighted by atomic mass is 19.1. The number of aromatic nitrogens is 2. The molecule has 0 radical (unpaired) electrons. The van der Waals surface area contributed by atoms with E-state index < -0.39 is 29.5 Å². The second-order valence-electron chi connectivity index (χ2n) is 9.67. The van der Waals surface area contributed by atoms with Crippen LogP contribution in [0.5, 0.6) is 0 Å². The van der Waals surface area contributed by atoms with Crippen molar-refractivity contribution in [1.82, 2.24) is 9.78 Å². The number of ether oxygens (including phenoxy) is 1. The molecule has 2 fully saturated rings. The second kappa shape index (κ2) is 10.1. The number of fused-ring (bicyclic) bond motifs is 1. The van der Waals surface area contributed by atoms with E-state index in [1.807, 2.05) is 23.0 Å². The van der Waals surface area contributed by atoms with Gasteiger partial charge in [0.1, 0.15) is 11.4 Å². The minimum atomic E-state index is -1.43. The minimum absolute atomic E-state index is 0.0941. The van der Waals surface area contributed by atoms with Crippen LogP contribution in [0.25, 0.3) is 10.9 Å². The molecular weight excluding hydrogens is 494 g/mol. The van der Waals surface area contributed by atoms with Crippen molar-refractivity contribution in [2.45, 2.75) is 38.0 Å². The molecule has 0 bridgehead atoms. The fraction of sp³-hybridized carbons (Fsp3) is 0.370. The first-order valence-electron chi connectivity index (χ1n) is 12.8. The Bertz CT molecular complexity index is 1410. The molecule has 9 nitrogen and oxygen atoms in total. The Morgan fingerprint density at radius 2 is 1.79 bits per heavy atom. The lowest BCUT2D eigenvalue weighted by atomic mass is 10.1. The maximum Gasteiger partial charge on any atom is 0.276 e. The number of para-hydroxylation sites is 1. The Labute approximate surface area is 218 Å². The van der Waals surface area contributed by atoms with Gasteiger partial charge in [-0.15, -0.1) is 0 Å². The molecule has 0 aliphatic carbocycles. The summed E-state index contributed by atoms with van der Waals surface area (Å²) in [4.78, 5) is 15.6. The van der Waals surface area contributed by atoms with Gasteiger partial charge in [-0.2, -0.15) is 10.2 Å². The van der Waals surface area contributed by atoms with Gasteiger partial charge in [-0.1, -0.05) is 6.07 Å². The molecule has 0 saturated carbocycles. The van der Waals surface area contributed by atoms with Crippen LogP contribution in [0.15, 0.2) is 53.8 Å². The Kier molecular flexibility index (Phi) is 6.54. The van der Waals surface area contributed by atoms with Gasteiger partial charge in [-0.05, 0) is 62.1 Å². The van der Waals surface area contributed by atoms with Gasteiger partial charge in [-0.3, -0.25) is 9.48 Å². The van der Waals surface area contributed by atoms with Crippen molar-refractivity contribution in [1.29, 1.82) is 0 Å². The maximum absolute atomic E-state index is 14.4. The molecule has 2 saturated heterocycles. The van der Waals surface area contributed by atoms with Crippen LogP contribution >= 0.6 is 0 Å². The van der Waals surface area contributed by atoms with E-state index in [0.29, 0.717) is 18.9 Å². The van der Waals surface area contributed by atoms with Crippen LogP contribution in [0.1, 0.15) is 31.7 Å². The number of carbonyl (C=O) groups excluding carboxylic acids is 1. The molecule has 1 atom stereocenters. The van der Waals surface area contributed by atoms with Crippen LogP contribution in [0.2, 0.25) is 0 Å². The summed E-state index contributed by atoms with van der Waals surface area (Å²) in [6.07, 6.45) is 7.11. The number of aliphatic hydroxyl groups is 1. The monoisotopic (exact) mass is 522 g/mol. The Morgan fingerprint density at radius 3 is 2.53 bits per heavy atom. The second-order valence-corrected chi connectivity index (χ2v) is 9.67. The number of amides is 1. The summed E-state index contributed by atoms with van der Waals surface area (Å²) < 4.78 is 36.3. The zero-order valence-corrected chi connectivity index (χ0v) is 20.7. The first-order valence-corrected chi connectivity index (χ1v) is 12.8. The highest BCUT2D eigenvalue weighted by molar-refractivity contribution is 6.47. The first-order chi connectivity index (χ1) is 18.5. The molecule has 3 aromatic rings. The van der Waals surface area contributed by atoms with Crippen molar-refractivity contribution in [2.75, 3.05) is 41.5 Å². The average Bonchev–Trinajstić information content (AvgIpc) is 3.60. The number of nitrogens with zero attached hydrogens (tertiary/aromatic N) is 5. The van der Waals surface area contributed by atoms with Crippen LogP contribution in [-0.4, -0.2) is 59.0 Å². The zero-order valence-electron chi connectivity index (χ0n) is 20.7. The van der Waals surface area contributed by atoms with Crippen molar-refractivity contribution in [3.63, 3.8) is 0 Å². The number of nitrogens with one attached hydrogen (secondary N) is 1. The molecule has 1 amide bonds.